The molecule has 1 aliphatic carbocycles. The highest BCUT2D eigenvalue weighted by Gasteiger charge is 2.26. The number of halogens is 1. The van der Waals surface area contributed by atoms with Gasteiger partial charge in [0.05, 0.1) is 16.3 Å². The van der Waals surface area contributed by atoms with Crippen LogP contribution in [0.1, 0.15) is 18.4 Å². The highest BCUT2D eigenvalue weighted by atomic mass is 35.5. The molecule has 0 radical (unpaired) electrons. The summed E-state index contributed by atoms with van der Waals surface area (Å²) in [6, 6.07) is 7.17. The largest absolute Gasteiger partial charge is 0.480 e. The summed E-state index contributed by atoms with van der Waals surface area (Å²) in [5, 5.41) is 18.4. The zero-order chi connectivity index (χ0) is 13.1. The Hall–Kier alpha value is -1.73. The maximum atomic E-state index is 10.9. The molecule has 4 nitrogen and oxygen atoms in total. The zero-order valence-corrected chi connectivity index (χ0v) is 10.5. The quantitative estimate of drug-likeness (QED) is 0.887. The lowest BCUT2D eigenvalue weighted by molar-refractivity contribution is -0.135. The van der Waals surface area contributed by atoms with Crippen LogP contribution >= 0.6 is 11.6 Å². The predicted molar refractivity (Wildman–Crippen MR) is 68.7 cm³/mol. The van der Waals surface area contributed by atoms with Gasteiger partial charge >= 0.3 is 5.97 Å². The SMILES string of the molecule is N#Cc1c(Cl)cccc1N(CC(=O)O)CC1CC1. The van der Waals surface area contributed by atoms with Gasteiger partial charge in [-0.1, -0.05) is 17.7 Å². The maximum absolute atomic E-state index is 10.9. The van der Waals surface area contributed by atoms with Gasteiger partial charge in [-0.15, -0.1) is 0 Å². The molecule has 5 heteroatoms. The second-order valence-corrected chi connectivity index (χ2v) is 4.87. The van der Waals surface area contributed by atoms with Crippen molar-refractivity contribution in [3.8, 4) is 6.07 Å². The Labute approximate surface area is 110 Å². The van der Waals surface area contributed by atoms with Gasteiger partial charge < -0.3 is 10.0 Å². The number of carbonyl (C=O) groups is 1. The number of carboxylic acid groups (broad SMARTS) is 1. The first-order valence-electron chi connectivity index (χ1n) is 5.77. The lowest BCUT2D eigenvalue weighted by Gasteiger charge is -2.24. The Kier molecular flexibility index (Phi) is 3.73. The van der Waals surface area contributed by atoms with Crippen molar-refractivity contribution in [2.75, 3.05) is 18.0 Å². The Morgan fingerprint density at radius 1 is 1.56 bits per heavy atom. The second kappa shape index (κ2) is 5.28. The first-order valence-corrected chi connectivity index (χ1v) is 6.15. The average Bonchev–Trinajstić information content (AvgIpc) is 3.11. The normalized spacial score (nSPS) is 14.0. The number of carboxylic acids is 1. The standard InChI is InChI=1S/C13H13ClN2O2/c14-11-2-1-3-12(10(11)6-15)16(8-13(17)18)7-9-4-5-9/h1-3,9H,4-5,7-8H2,(H,17,18). The van der Waals surface area contributed by atoms with Crippen molar-refractivity contribution in [2.45, 2.75) is 12.8 Å². The fourth-order valence-corrected chi connectivity index (χ4v) is 2.12. The van der Waals surface area contributed by atoms with Crippen molar-refractivity contribution in [1.29, 1.82) is 5.26 Å². The van der Waals surface area contributed by atoms with Crippen molar-refractivity contribution < 1.29 is 9.90 Å². The molecule has 2 rings (SSSR count). The van der Waals surface area contributed by atoms with Gasteiger partial charge in [-0.25, -0.2) is 0 Å². The second-order valence-electron chi connectivity index (χ2n) is 4.46. The highest BCUT2D eigenvalue weighted by molar-refractivity contribution is 6.32. The zero-order valence-electron chi connectivity index (χ0n) is 9.77. The van der Waals surface area contributed by atoms with Crippen LogP contribution in [0.25, 0.3) is 0 Å². The Bertz CT molecular complexity index is 506. The summed E-state index contributed by atoms with van der Waals surface area (Å²) >= 11 is 5.97. The molecule has 1 aromatic rings. The van der Waals surface area contributed by atoms with E-state index in [1.165, 1.54) is 0 Å². The number of hydrogen-bond acceptors (Lipinski definition) is 3. The maximum Gasteiger partial charge on any atom is 0.323 e. The number of nitriles is 1. The third kappa shape index (κ3) is 2.93. The van der Waals surface area contributed by atoms with Crippen LogP contribution in [0.4, 0.5) is 5.69 Å². The van der Waals surface area contributed by atoms with Crippen molar-refractivity contribution in [3.63, 3.8) is 0 Å². The van der Waals surface area contributed by atoms with E-state index in [4.69, 9.17) is 22.0 Å². The molecule has 1 aromatic carbocycles. The molecule has 94 valence electrons. The number of aliphatic carboxylic acids is 1. The number of hydrogen-bond donors (Lipinski definition) is 1. The molecule has 0 saturated heterocycles. The lowest BCUT2D eigenvalue weighted by atomic mass is 10.1. The third-order valence-corrected chi connectivity index (χ3v) is 3.26. The summed E-state index contributed by atoms with van der Waals surface area (Å²) in [6.45, 7) is 0.562. The average molecular weight is 265 g/mol. The summed E-state index contributed by atoms with van der Waals surface area (Å²) in [5.74, 6) is -0.366. The van der Waals surface area contributed by atoms with Gasteiger partial charge in [0.25, 0.3) is 0 Å². The van der Waals surface area contributed by atoms with E-state index in [-0.39, 0.29) is 6.54 Å². The molecule has 0 aliphatic heterocycles. The number of anilines is 1. The molecule has 0 spiro atoms. The Morgan fingerprint density at radius 3 is 2.83 bits per heavy atom. The summed E-state index contributed by atoms with van der Waals surface area (Å²) in [7, 11) is 0. The van der Waals surface area contributed by atoms with E-state index in [0.29, 0.717) is 28.7 Å². The molecule has 0 bridgehead atoms. The molecule has 0 aromatic heterocycles. The van der Waals surface area contributed by atoms with Gasteiger partial charge in [0.2, 0.25) is 0 Å². The van der Waals surface area contributed by atoms with Crippen LogP contribution in [0.15, 0.2) is 18.2 Å². The van der Waals surface area contributed by atoms with Gasteiger partial charge in [-0.3, -0.25) is 4.79 Å². The van der Waals surface area contributed by atoms with Gasteiger partial charge in [0.15, 0.2) is 0 Å². The van der Waals surface area contributed by atoms with Crippen LogP contribution in [-0.4, -0.2) is 24.2 Å². The molecule has 18 heavy (non-hydrogen) atoms. The molecule has 1 aliphatic rings. The van der Waals surface area contributed by atoms with Crippen molar-refractivity contribution in [3.05, 3.63) is 28.8 Å². The highest BCUT2D eigenvalue weighted by Crippen LogP contribution is 2.33. The van der Waals surface area contributed by atoms with E-state index < -0.39 is 5.97 Å². The minimum Gasteiger partial charge on any atom is -0.480 e. The summed E-state index contributed by atoms with van der Waals surface area (Å²) in [6.07, 6.45) is 2.25. The van der Waals surface area contributed by atoms with Crippen LogP contribution in [-0.2, 0) is 4.79 Å². The molecule has 1 saturated carbocycles. The summed E-state index contributed by atoms with van der Waals surface area (Å²) in [5.41, 5.74) is 0.959. The molecule has 0 unspecified atom stereocenters. The number of rotatable bonds is 5. The minimum atomic E-state index is -0.903. The van der Waals surface area contributed by atoms with E-state index in [1.807, 2.05) is 6.07 Å². The fraction of sp³-hybridized carbons (Fsp3) is 0.385. The van der Waals surface area contributed by atoms with Crippen LogP contribution in [0.5, 0.6) is 0 Å². The van der Waals surface area contributed by atoms with E-state index in [1.54, 1.807) is 23.1 Å². The van der Waals surface area contributed by atoms with Crippen molar-refractivity contribution >= 4 is 23.3 Å². The van der Waals surface area contributed by atoms with E-state index in [9.17, 15) is 4.79 Å². The molecular weight excluding hydrogens is 252 g/mol. The van der Waals surface area contributed by atoms with Crippen LogP contribution in [0.3, 0.4) is 0 Å². The van der Waals surface area contributed by atoms with Gasteiger partial charge in [-0.05, 0) is 30.9 Å². The van der Waals surface area contributed by atoms with Gasteiger partial charge in [0, 0.05) is 6.54 Å². The molecule has 0 heterocycles. The van der Waals surface area contributed by atoms with Gasteiger partial charge in [0.1, 0.15) is 12.6 Å². The minimum absolute atomic E-state index is 0.106. The summed E-state index contributed by atoms with van der Waals surface area (Å²) in [4.78, 5) is 12.6. The van der Waals surface area contributed by atoms with Crippen molar-refractivity contribution in [2.24, 2.45) is 5.92 Å². The molecule has 0 atom stereocenters. The fourth-order valence-electron chi connectivity index (χ4n) is 1.91. The molecule has 1 fully saturated rings. The molecular formula is C13H13ClN2O2. The van der Waals surface area contributed by atoms with Crippen LogP contribution in [0, 0.1) is 17.2 Å². The van der Waals surface area contributed by atoms with E-state index >= 15 is 0 Å². The Balaban J connectivity index is 2.31. The Morgan fingerprint density at radius 2 is 2.28 bits per heavy atom. The smallest absolute Gasteiger partial charge is 0.323 e. The summed E-state index contributed by atoms with van der Waals surface area (Å²) < 4.78 is 0. The topological polar surface area (TPSA) is 64.3 Å². The lowest BCUT2D eigenvalue weighted by Crippen LogP contribution is -2.32. The predicted octanol–water partition coefficient (Wildman–Crippen LogP) is 2.51. The van der Waals surface area contributed by atoms with Crippen LogP contribution in [0.2, 0.25) is 5.02 Å². The first kappa shape index (κ1) is 12.7. The van der Waals surface area contributed by atoms with E-state index in [0.717, 1.165) is 12.8 Å². The number of benzene rings is 1. The molecule has 0 amide bonds. The monoisotopic (exact) mass is 264 g/mol. The van der Waals surface area contributed by atoms with Crippen LogP contribution < -0.4 is 4.90 Å². The molecule has 1 N–H and O–H groups in total. The van der Waals surface area contributed by atoms with E-state index in [2.05, 4.69) is 0 Å². The first-order chi connectivity index (χ1) is 8.61. The third-order valence-electron chi connectivity index (χ3n) is 2.95. The number of nitrogens with zero attached hydrogens (tertiary/aromatic N) is 2. The van der Waals surface area contributed by atoms with Gasteiger partial charge in [-0.2, -0.15) is 5.26 Å². The van der Waals surface area contributed by atoms with Crippen molar-refractivity contribution in [1.82, 2.24) is 0 Å².